The van der Waals surface area contributed by atoms with Crippen LogP contribution in [0.4, 0.5) is 0 Å². The van der Waals surface area contributed by atoms with Crippen LogP contribution < -0.4 is 9.47 Å². The van der Waals surface area contributed by atoms with Crippen molar-refractivity contribution in [2.75, 3.05) is 14.2 Å². The molecule has 5 nitrogen and oxygen atoms in total. The van der Waals surface area contributed by atoms with Gasteiger partial charge in [-0.1, -0.05) is 11.6 Å². The molecule has 0 N–H and O–H groups in total. The Morgan fingerprint density at radius 1 is 1.17 bits per heavy atom. The molecule has 0 saturated heterocycles. The molecule has 0 bridgehead atoms. The first-order valence-electron chi connectivity index (χ1n) is 6.60. The Morgan fingerprint density at radius 2 is 1.87 bits per heavy atom. The summed E-state index contributed by atoms with van der Waals surface area (Å²) < 4.78 is 16.3. The van der Waals surface area contributed by atoms with Gasteiger partial charge in [-0.15, -0.1) is 11.3 Å². The highest BCUT2D eigenvalue weighted by molar-refractivity contribution is 7.17. The number of nitrogens with zero attached hydrogens (tertiary/aromatic N) is 1. The van der Waals surface area contributed by atoms with Crippen molar-refractivity contribution >= 4 is 40.9 Å². The fourth-order valence-electron chi connectivity index (χ4n) is 2.00. The highest BCUT2D eigenvalue weighted by Crippen LogP contribution is 2.28. The van der Waals surface area contributed by atoms with Crippen molar-refractivity contribution in [3.63, 3.8) is 0 Å². The molecule has 0 amide bonds. The van der Waals surface area contributed by atoms with Gasteiger partial charge in [0.05, 0.1) is 18.6 Å². The van der Waals surface area contributed by atoms with Crippen LogP contribution in [-0.2, 0) is 9.53 Å². The van der Waals surface area contributed by atoms with Gasteiger partial charge in [-0.2, -0.15) is 0 Å². The third-order valence-corrected chi connectivity index (χ3v) is 4.27. The van der Waals surface area contributed by atoms with Gasteiger partial charge in [-0.3, -0.25) is 0 Å². The summed E-state index contributed by atoms with van der Waals surface area (Å²) in [6, 6.07) is 8.75. The Labute approximate surface area is 141 Å². The number of carbonyl (C=O) groups is 1. The molecule has 1 aliphatic rings. The second-order valence-corrected chi connectivity index (χ2v) is 6.33. The van der Waals surface area contributed by atoms with E-state index in [9.17, 15) is 4.79 Å². The monoisotopic (exact) mass is 349 g/mol. The van der Waals surface area contributed by atoms with Crippen LogP contribution in [0.2, 0.25) is 4.34 Å². The van der Waals surface area contributed by atoms with Crippen LogP contribution in [-0.4, -0.2) is 26.1 Å². The maximum absolute atomic E-state index is 12.0. The maximum atomic E-state index is 12.0. The Hall–Kier alpha value is -2.31. The maximum Gasteiger partial charge on any atom is 0.363 e. The number of hydrogen-bond donors (Lipinski definition) is 0. The van der Waals surface area contributed by atoms with E-state index in [4.69, 9.17) is 25.8 Å². The van der Waals surface area contributed by atoms with Crippen LogP contribution in [0.5, 0.6) is 11.5 Å². The molecule has 1 aromatic heterocycles. The van der Waals surface area contributed by atoms with Gasteiger partial charge in [-0.25, -0.2) is 9.79 Å². The number of halogens is 1. The molecule has 7 heteroatoms. The molecule has 0 aliphatic carbocycles. The Bertz CT molecular complexity index is 803. The number of rotatable bonds is 4. The lowest BCUT2D eigenvalue weighted by Gasteiger charge is -2.07. The van der Waals surface area contributed by atoms with E-state index in [2.05, 4.69) is 4.99 Å². The lowest BCUT2D eigenvalue weighted by molar-refractivity contribution is -0.129. The zero-order valence-corrected chi connectivity index (χ0v) is 13.9. The van der Waals surface area contributed by atoms with Crippen molar-refractivity contribution in [2.24, 2.45) is 4.99 Å². The Kier molecular flexibility index (Phi) is 4.36. The Balaban J connectivity index is 1.96. The minimum Gasteiger partial charge on any atom is -0.497 e. The summed E-state index contributed by atoms with van der Waals surface area (Å²) in [7, 11) is 3.10. The summed E-state index contributed by atoms with van der Waals surface area (Å²) >= 11 is 7.24. The van der Waals surface area contributed by atoms with E-state index in [-0.39, 0.29) is 11.6 Å². The molecule has 2 aromatic rings. The lowest BCUT2D eigenvalue weighted by atomic mass is 10.2. The van der Waals surface area contributed by atoms with Gasteiger partial charge in [0.1, 0.15) is 11.5 Å². The first-order chi connectivity index (χ1) is 11.1. The average Bonchev–Trinajstić information content (AvgIpc) is 3.13. The van der Waals surface area contributed by atoms with E-state index in [0.29, 0.717) is 21.4 Å². The minimum absolute atomic E-state index is 0.209. The van der Waals surface area contributed by atoms with Gasteiger partial charge < -0.3 is 14.2 Å². The molecule has 1 aromatic carbocycles. The minimum atomic E-state index is -0.508. The predicted octanol–water partition coefficient (Wildman–Crippen LogP) is 3.76. The number of hydrogen-bond acceptors (Lipinski definition) is 6. The molecule has 0 spiro atoms. The third kappa shape index (κ3) is 3.38. The van der Waals surface area contributed by atoms with Gasteiger partial charge in [0.25, 0.3) is 0 Å². The fourth-order valence-corrected chi connectivity index (χ4v) is 3.00. The third-order valence-electron chi connectivity index (χ3n) is 3.09. The molecule has 0 saturated carbocycles. The largest absolute Gasteiger partial charge is 0.497 e. The van der Waals surface area contributed by atoms with Gasteiger partial charge in [0.15, 0.2) is 5.70 Å². The van der Waals surface area contributed by atoms with Crippen LogP contribution in [0, 0.1) is 0 Å². The quantitative estimate of drug-likeness (QED) is 0.623. The van der Waals surface area contributed by atoms with E-state index in [1.54, 1.807) is 44.6 Å². The number of esters is 1. The van der Waals surface area contributed by atoms with E-state index < -0.39 is 5.97 Å². The predicted molar refractivity (Wildman–Crippen MR) is 89.5 cm³/mol. The molecule has 0 unspecified atom stereocenters. The molecule has 118 valence electrons. The zero-order chi connectivity index (χ0) is 16.4. The molecule has 2 heterocycles. The summed E-state index contributed by atoms with van der Waals surface area (Å²) in [4.78, 5) is 17.1. The van der Waals surface area contributed by atoms with Crippen molar-refractivity contribution in [3.8, 4) is 11.5 Å². The average molecular weight is 350 g/mol. The molecule has 0 fully saturated rings. The molecule has 23 heavy (non-hydrogen) atoms. The number of carbonyl (C=O) groups excluding carboxylic acids is 1. The molecule has 3 rings (SSSR count). The van der Waals surface area contributed by atoms with Gasteiger partial charge in [0.2, 0.25) is 5.90 Å². The van der Waals surface area contributed by atoms with E-state index >= 15 is 0 Å². The highest BCUT2D eigenvalue weighted by Gasteiger charge is 2.25. The van der Waals surface area contributed by atoms with Gasteiger partial charge >= 0.3 is 5.97 Å². The van der Waals surface area contributed by atoms with Crippen molar-refractivity contribution in [1.29, 1.82) is 0 Å². The Morgan fingerprint density at radius 3 is 2.43 bits per heavy atom. The highest BCUT2D eigenvalue weighted by atomic mass is 35.5. The smallest absolute Gasteiger partial charge is 0.363 e. The molecular formula is C16H12ClNO4S. The van der Waals surface area contributed by atoms with Crippen LogP contribution >= 0.6 is 22.9 Å². The second-order valence-electron chi connectivity index (χ2n) is 4.58. The first-order valence-corrected chi connectivity index (χ1v) is 7.80. The van der Waals surface area contributed by atoms with Crippen LogP contribution in [0.25, 0.3) is 6.08 Å². The van der Waals surface area contributed by atoms with Crippen LogP contribution in [0.3, 0.4) is 0 Å². The number of ether oxygens (including phenoxy) is 3. The standard InChI is InChI=1S/C16H12ClNO4S/c1-20-10-5-9(6-11(7-10)21-2)15-18-13(16(19)22-15)8-12-3-4-14(17)23-12/h3-8H,1-2H3/b13-8+. The summed E-state index contributed by atoms with van der Waals surface area (Å²) in [5.41, 5.74) is 0.822. The fraction of sp³-hybridized carbons (Fsp3) is 0.125. The summed E-state index contributed by atoms with van der Waals surface area (Å²) in [6.45, 7) is 0. The zero-order valence-electron chi connectivity index (χ0n) is 12.3. The molecule has 0 atom stereocenters. The van der Waals surface area contributed by atoms with Gasteiger partial charge in [-0.05, 0) is 30.3 Å². The first kappa shape index (κ1) is 15.6. The van der Waals surface area contributed by atoms with Crippen molar-refractivity contribution in [3.05, 3.63) is 50.8 Å². The van der Waals surface area contributed by atoms with Crippen LogP contribution in [0.1, 0.15) is 10.4 Å². The molecule has 1 aliphatic heterocycles. The van der Waals surface area contributed by atoms with Crippen LogP contribution in [0.15, 0.2) is 41.0 Å². The summed E-state index contributed by atoms with van der Waals surface area (Å²) in [6.07, 6.45) is 1.64. The second kappa shape index (κ2) is 6.44. The summed E-state index contributed by atoms with van der Waals surface area (Å²) in [5, 5.41) is 0. The van der Waals surface area contributed by atoms with E-state index in [1.165, 1.54) is 11.3 Å². The lowest BCUT2D eigenvalue weighted by Crippen LogP contribution is -2.06. The van der Waals surface area contributed by atoms with Crippen molar-refractivity contribution < 1.29 is 19.0 Å². The normalized spacial score (nSPS) is 15.5. The van der Waals surface area contributed by atoms with E-state index in [1.807, 2.05) is 6.07 Å². The number of methoxy groups -OCH3 is 2. The number of aliphatic imine (C=N–C) groups is 1. The van der Waals surface area contributed by atoms with Crippen molar-refractivity contribution in [1.82, 2.24) is 0 Å². The summed E-state index contributed by atoms with van der Waals surface area (Å²) in [5.74, 6) is 0.869. The number of benzene rings is 1. The number of cyclic esters (lactones) is 1. The van der Waals surface area contributed by atoms with E-state index in [0.717, 1.165) is 4.88 Å². The topological polar surface area (TPSA) is 57.1 Å². The molecular weight excluding hydrogens is 338 g/mol. The van der Waals surface area contributed by atoms with Crippen molar-refractivity contribution in [2.45, 2.75) is 0 Å². The van der Waals surface area contributed by atoms with Gasteiger partial charge in [0, 0.05) is 16.5 Å². The SMILES string of the molecule is COc1cc(OC)cc(C2=N/C(=C/c3ccc(Cl)s3)C(=O)O2)c1. The molecule has 0 radical (unpaired) electrons. The number of thiophene rings is 1.